The molecule has 1 aliphatic rings. The van der Waals surface area contributed by atoms with Crippen molar-refractivity contribution in [3.63, 3.8) is 0 Å². The second-order valence-electron chi connectivity index (χ2n) is 2.24. The topological polar surface area (TPSA) is 37.4 Å². The Balaban J connectivity index is 2.40. The van der Waals surface area contributed by atoms with Crippen LogP contribution in [0.3, 0.4) is 0 Å². The standard InChI is InChI=1S/C6H9NO2S/c1-5(8)4-7-2-3-10-6(7)9/h2-4H2,1H3. The summed E-state index contributed by atoms with van der Waals surface area (Å²) >= 11 is 1.28. The monoisotopic (exact) mass is 159 g/mol. The van der Waals surface area contributed by atoms with E-state index in [0.29, 0.717) is 0 Å². The van der Waals surface area contributed by atoms with Crippen molar-refractivity contribution >= 4 is 22.8 Å². The van der Waals surface area contributed by atoms with Crippen LogP contribution in [0.1, 0.15) is 6.92 Å². The molecule has 0 radical (unpaired) electrons. The lowest BCUT2D eigenvalue weighted by molar-refractivity contribution is -0.117. The van der Waals surface area contributed by atoms with E-state index in [2.05, 4.69) is 0 Å². The Bertz CT molecular complexity index is 169. The molecule has 1 aliphatic heterocycles. The van der Waals surface area contributed by atoms with Crippen LogP contribution in [-0.4, -0.2) is 34.8 Å². The Morgan fingerprint density at radius 3 is 2.90 bits per heavy atom. The van der Waals surface area contributed by atoms with Gasteiger partial charge in [-0.05, 0) is 6.92 Å². The molecule has 0 aromatic rings. The minimum Gasteiger partial charge on any atom is -0.325 e. The smallest absolute Gasteiger partial charge is 0.282 e. The fourth-order valence-electron chi connectivity index (χ4n) is 0.838. The van der Waals surface area contributed by atoms with Crippen LogP contribution >= 0.6 is 11.8 Å². The zero-order chi connectivity index (χ0) is 7.56. The van der Waals surface area contributed by atoms with Gasteiger partial charge in [-0.2, -0.15) is 0 Å². The summed E-state index contributed by atoms with van der Waals surface area (Å²) in [6.45, 7) is 2.51. The van der Waals surface area contributed by atoms with Crippen LogP contribution in [0.15, 0.2) is 0 Å². The molecule has 4 heteroatoms. The molecule has 0 N–H and O–H groups in total. The van der Waals surface area contributed by atoms with E-state index in [1.165, 1.54) is 18.7 Å². The van der Waals surface area contributed by atoms with E-state index >= 15 is 0 Å². The van der Waals surface area contributed by atoms with Gasteiger partial charge >= 0.3 is 0 Å². The highest BCUT2D eigenvalue weighted by Crippen LogP contribution is 2.16. The van der Waals surface area contributed by atoms with Crippen molar-refractivity contribution < 1.29 is 9.59 Å². The highest BCUT2D eigenvalue weighted by molar-refractivity contribution is 8.13. The average molecular weight is 159 g/mol. The lowest BCUT2D eigenvalue weighted by Gasteiger charge is -2.10. The maximum atomic E-state index is 10.8. The molecule has 0 atom stereocenters. The summed E-state index contributed by atoms with van der Waals surface area (Å²) in [5.41, 5.74) is 0. The number of carbonyl (C=O) groups is 2. The van der Waals surface area contributed by atoms with E-state index in [1.54, 1.807) is 4.90 Å². The number of carbonyl (C=O) groups excluding carboxylic acids is 2. The summed E-state index contributed by atoms with van der Waals surface area (Å²) in [5, 5.41) is 0.0372. The van der Waals surface area contributed by atoms with E-state index in [9.17, 15) is 9.59 Å². The molecule has 0 spiro atoms. The first-order valence-electron chi connectivity index (χ1n) is 3.11. The summed E-state index contributed by atoms with van der Waals surface area (Å²) < 4.78 is 0. The molecule has 1 rings (SSSR count). The zero-order valence-corrected chi connectivity index (χ0v) is 6.61. The highest BCUT2D eigenvalue weighted by Gasteiger charge is 2.21. The molecule has 0 aromatic heterocycles. The third kappa shape index (κ3) is 1.73. The van der Waals surface area contributed by atoms with Gasteiger partial charge in [0.1, 0.15) is 5.78 Å². The van der Waals surface area contributed by atoms with Gasteiger partial charge in [0.25, 0.3) is 5.24 Å². The highest BCUT2D eigenvalue weighted by atomic mass is 32.2. The van der Waals surface area contributed by atoms with Crippen LogP contribution in [0.4, 0.5) is 4.79 Å². The third-order valence-electron chi connectivity index (χ3n) is 1.26. The minimum absolute atomic E-state index is 0.0372. The predicted molar refractivity (Wildman–Crippen MR) is 40.1 cm³/mol. The van der Waals surface area contributed by atoms with Gasteiger partial charge in [-0.3, -0.25) is 9.59 Å². The number of Topliss-reactive ketones (excluding diaryl/α,β-unsaturated/α-hetero) is 1. The van der Waals surface area contributed by atoms with Crippen LogP contribution < -0.4 is 0 Å². The van der Waals surface area contributed by atoms with Crippen molar-refractivity contribution in [2.45, 2.75) is 6.92 Å². The molecule has 0 unspecified atom stereocenters. The SMILES string of the molecule is CC(=O)CN1CCSC1=O. The predicted octanol–water partition coefficient (Wildman–Crippen LogP) is 0.744. The van der Waals surface area contributed by atoms with Gasteiger partial charge in [0.15, 0.2) is 0 Å². The molecule has 56 valence electrons. The van der Waals surface area contributed by atoms with Crippen molar-refractivity contribution in [2.24, 2.45) is 0 Å². The van der Waals surface area contributed by atoms with Crippen LogP contribution in [0.2, 0.25) is 0 Å². The van der Waals surface area contributed by atoms with Crippen LogP contribution in [0, 0.1) is 0 Å². The fourth-order valence-corrected chi connectivity index (χ4v) is 1.66. The number of amides is 1. The normalized spacial score (nSPS) is 18.1. The summed E-state index contributed by atoms with van der Waals surface area (Å²) in [6, 6.07) is 0. The number of hydrogen-bond acceptors (Lipinski definition) is 3. The second kappa shape index (κ2) is 3.05. The van der Waals surface area contributed by atoms with Crippen molar-refractivity contribution in [3.05, 3.63) is 0 Å². The Kier molecular flexibility index (Phi) is 2.32. The Morgan fingerprint density at radius 2 is 2.50 bits per heavy atom. The molecule has 0 aromatic carbocycles. The Labute approximate surface area is 63.8 Å². The number of ketones is 1. The van der Waals surface area contributed by atoms with Crippen molar-refractivity contribution in [1.29, 1.82) is 0 Å². The van der Waals surface area contributed by atoms with Crippen LogP contribution in [0.5, 0.6) is 0 Å². The molecular formula is C6H9NO2S. The fraction of sp³-hybridized carbons (Fsp3) is 0.667. The molecule has 0 bridgehead atoms. The minimum atomic E-state index is 0.0372. The number of thioether (sulfide) groups is 1. The van der Waals surface area contributed by atoms with Gasteiger partial charge in [0.2, 0.25) is 0 Å². The first-order chi connectivity index (χ1) is 4.70. The third-order valence-corrected chi connectivity index (χ3v) is 2.15. The van der Waals surface area contributed by atoms with Gasteiger partial charge in [-0.1, -0.05) is 11.8 Å². The molecule has 3 nitrogen and oxygen atoms in total. The van der Waals surface area contributed by atoms with Crippen molar-refractivity contribution in [2.75, 3.05) is 18.8 Å². The summed E-state index contributed by atoms with van der Waals surface area (Å²) in [6.07, 6.45) is 0. The van der Waals surface area contributed by atoms with Crippen LogP contribution in [0.25, 0.3) is 0 Å². The van der Waals surface area contributed by atoms with Crippen LogP contribution in [-0.2, 0) is 4.79 Å². The van der Waals surface area contributed by atoms with E-state index in [0.717, 1.165) is 12.3 Å². The molecule has 0 aliphatic carbocycles. The zero-order valence-electron chi connectivity index (χ0n) is 5.79. The molecule has 1 saturated heterocycles. The maximum absolute atomic E-state index is 10.8. The summed E-state index contributed by atoms with van der Waals surface area (Å²) in [7, 11) is 0. The van der Waals surface area contributed by atoms with Gasteiger partial charge < -0.3 is 4.90 Å². The number of hydrogen-bond donors (Lipinski definition) is 0. The largest absolute Gasteiger partial charge is 0.325 e. The molecular weight excluding hydrogens is 150 g/mol. The number of rotatable bonds is 2. The van der Waals surface area contributed by atoms with Gasteiger partial charge in [-0.25, -0.2) is 0 Å². The second-order valence-corrected chi connectivity index (χ2v) is 3.28. The molecule has 1 fully saturated rings. The van der Waals surface area contributed by atoms with Crippen molar-refractivity contribution in [3.8, 4) is 0 Å². The lowest BCUT2D eigenvalue weighted by Crippen LogP contribution is -2.28. The summed E-state index contributed by atoms with van der Waals surface area (Å²) in [5.74, 6) is 0.877. The summed E-state index contributed by atoms with van der Waals surface area (Å²) in [4.78, 5) is 23.0. The number of nitrogens with zero attached hydrogens (tertiary/aromatic N) is 1. The van der Waals surface area contributed by atoms with Gasteiger partial charge in [0, 0.05) is 12.3 Å². The lowest BCUT2D eigenvalue weighted by atomic mass is 10.4. The molecule has 1 heterocycles. The first kappa shape index (κ1) is 7.60. The van der Waals surface area contributed by atoms with E-state index in [1.807, 2.05) is 0 Å². The molecule has 1 amide bonds. The van der Waals surface area contributed by atoms with E-state index < -0.39 is 0 Å². The van der Waals surface area contributed by atoms with E-state index in [4.69, 9.17) is 0 Å². The molecule has 0 saturated carbocycles. The maximum Gasteiger partial charge on any atom is 0.282 e. The first-order valence-corrected chi connectivity index (χ1v) is 4.10. The van der Waals surface area contributed by atoms with Crippen molar-refractivity contribution in [1.82, 2.24) is 4.90 Å². The van der Waals surface area contributed by atoms with Gasteiger partial charge in [-0.15, -0.1) is 0 Å². The Hall–Kier alpha value is -0.510. The quantitative estimate of drug-likeness (QED) is 0.596. The van der Waals surface area contributed by atoms with Gasteiger partial charge in [0.05, 0.1) is 6.54 Å². The molecule has 10 heavy (non-hydrogen) atoms. The average Bonchev–Trinajstić information content (AvgIpc) is 2.15. The Morgan fingerprint density at radius 1 is 1.80 bits per heavy atom. The van der Waals surface area contributed by atoms with E-state index in [-0.39, 0.29) is 17.6 Å².